The van der Waals surface area contributed by atoms with E-state index < -0.39 is 0 Å². The van der Waals surface area contributed by atoms with Gasteiger partial charge in [-0.3, -0.25) is 4.79 Å². The number of hydrogen-bond acceptors (Lipinski definition) is 7. The molecule has 0 aliphatic carbocycles. The van der Waals surface area contributed by atoms with E-state index >= 15 is 0 Å². The van der Waals surface area contributed by atoms with E-state index in [1.54, 1.807) is 57.5 Å². The summed E-state index contributed by atoms with van der Waals surface area (Å²) in [5, 5.41) is 6.04. The van der Waals surface area contributed by atoms with Crippen LogP contribution in [-0.2, 0) is 0 Å². The minimum atomic E-state index is -0.247. The summed E-state index contributed by atoms with van der Waals surface area (Å²) in [5.74, 6) is 2.52. The Morgan fingerprint density at radius 2 is 1.52 bits per heavy atom. The number of carbonyl (C=O) groups excluding carboxylic acids is 1. The lowest BCUT2D eigenvalue weighted by Crippen LogP contribution is -2.12. The Labute approximate surface area is 168 Å². The van der Waals surface area contributed by atoms with Crippen molar-refractivity contribution in [2.45, 2.75) is 6.92 Å². The smallest absolute Gasteiger partial charge is 0.255 e. The fourth-order valence-electron chi connectivity index (χ4n) is 2.67. The highest BCUT2D eigenvalue weighted by Gasteiger charge is 2.11. The molecule has 8 heteroatoms. The molecular weight excluding hydrogens is 372 g/mol. The SMILES string of the molecule is COc1cc(Nc2ccc(NC(=O)c3ccc(OC)c(OC)c3)cc2)nc(C)n1. The highest BCUT2D eigenvalue weighted by molar-refractivity contribution is 6.04. The molecule has 2 aromatic carbocycles. The number of ether oxygens (including phenoxy) is 3. The van der Waals surface area contributed by atoms with Crippen LogP contribution in [0.1, 0.15) is 16.2 Å². The first-order valence-electron chi connectivity index (χ1n) is 8.82. The molecule has 29 heavy (non-hydrogen) atoms. The lowest BCUT2D eigenvalue weighted by atomic mass is 10.1. The minimum absolute atomic E-state index is 0.247. The Morgan fingerprint density at radius 1 is 0.828 bits per heavy atom. The summed E-state index contributed by atoms with van der Waals surface area (Å²) in [6.07, 6.45) is 0. The number of aromatic nitrogens is 2. The van der Waals surface area contributed by atoms with Gasteiger partial charge in [0.15, 0.2) is 11.5 Å². The second-order valence-corrected chi connectivity index (χ2v) is 6.07. The Morgan fingerprint density at radius 3 is 2.17 bits per heavy atom. The molecule has 0 unspecified atom stereocenters. The van der Waals surface area contributed by atoms with Gasteiger partial charge in [-0.05, 0) is 49.4 Å². The third-order valence-electron chi connectivity index (χ3n) is 4.08. The molecule has 0 atom stereocenters. The quantitative estimate of drug-likeness (QED) is 0.629. The number of rotatable bonds is 7. The third kappa shape index (κ3) is 4.92. The first-order valence-corrected chi connectivity index (χ1v) is 8.82. The first kappa shape index (κ1) is 19.9. The van der Waals surface area contributed by atoms with Crippen LogP contribution in [0.15, 0.2) is 48.5 Å². The van der Waals surface area contributed by atoms with Gasteiger partial charge >= 0.3 is 0 Å². The summed E-state index contributed by atoms with van der Waals surface area (Å²) < 4.78 is 15.6. The molecule has 0 radical (unpaired) electrons. The number of nitrogens with one attached hydrogen (secondary N) is 2. The molecule has 8 nitrogen and oxygen atoms in total. The minimum Gasteiger partial charge on any atom is -0.493 e. The van der Waals surface area contributed by atoms with Gasteiger partial charge in [-0.15, -0.1) is 0 Å². The van der Waals surface area contributed by atoms with Crippen LogP contribution in [-0.4, -0.2) is 37.2 Å². The Bertz CT molecular complexity index is 1010. The third-order valence-corrected chi connectivity index (χ3v) is 4.08. The predicted molar refractivity (Wildman–Crippen MR) is 111 cm³/mol. The lowest BCUT2D eigenvalue weighted by Gasteiger charge is -2.11. The highest BCUT2D eigenvalue weighted by atomic mass is 16.5. The van der Waals surface area contributed by atoms with Crippen molar-refractivity contribution in [2.24, 2.45) is 0 Å². The number of carbonyl (C=O) groups is 1. The molecule has 1 aromatic heterocycles. The van der Waals surface area contributed by atoms with Gasteiger partial charge in [-0.1, -0.05) is 0 Å². The normalized spacial score (nSPS) is 10.2. The molecule has 0 saturated heterocycles. The molecule has 3 aromatic rings. The van der Waals surface area contributed by atoms with Crippen LogP contribution in [0.3, 0.4) is 0 Å². The first-order chi connectivity index (χ1) is 14.0. The zero-order valence-electron chi connectivity index (χ0n) is 16.6. The average Bonchev–Trinajstić information content (AvgIpc) is 2.74. The molecule has 0 fully saturated rings. The number of aryl methyl sites for hydroxylation is 1. The van der Waals surface area contributed by atoms with Crippen molar-refractivity contribution >= 4 is 23.1 Å². The van der Waals surface area contributed by atoms with Gasteiger partial charge in [0.2, 0.25) is 5.88 Å². The molecular formula is C21H22N4O4. The number of amides is 1. The van der Waals surface area contributed by atoms with Gasteiger partial charge in [0, 0.05) is 23.0 Å². The van der Waals surface area contributed by atoms with Crippen LogP contribution in [0, 0.1) is 6.92 Å². The van der Waals surface area contributed by atoms with Crippen LogP contribution < -0.4 is 24.8 Å². The maximum absolute atomic E-state index is 12.5. The van der Waals surface area contributed by atoms with Gasteiger partial charge in [0.1, 0.15) is 11.6 Å². The molecule has 0 aliphatic heterocycles. The van der Waals surface area contributed by atoms with E-state index in [1.807, 2.05) is 12.1 Å². The molecule has 0 spiro atoms. The predicted octanol–water partition coefficient (Wildman–Crippen LogP) is 3.81. The van der Waals surface area contributed by atoms with E-state index in [9.17, 15) is 4.79 Å². The highest BCUT2D eigenvalue weighted by Crippen LogP contribution is 2.28. The average molecular weight is 394 g/mol. The van der Waals surface area contributed by atoms with Crippen LogP contribution in [0.5, 0.6) is 17.4 Å². The Balaban J connectivity index is 1.69. The summed E-state index contributed by atoms with van der Waals surface area (Å²) in [7, 11) is 4.63. The van der Waals surface area contributed by atoms with Crippen LogP contribution in [0.25, 0.3) is 0 Å². The van der Waals surface area contributed by atoms with E-state index in [2.05, 4.69) is 20.6 Å². The number of methoxy groups -OCH3 is 3. The second-order valence-electron chi connectivity index (χ2n) is 6.07. The summed E-state index contributed by atoms with van der Waals surface area (Å²) >= 11 is 0. The van der Waals surface area contributed by atoms with Crippen molar-refractivity contribution in [2.75, 3.05) is 32.0 Å². The molecule has 2 N–H and O–H groups in total. The van der Waals surface area contributed by atoms with Gasteiger partial charge in [-0.25, -0.2) is 4.98 Å². The lowest BCUT2D eigenvalue weighted by molar-refractivity contribution is 0.102. The monoisotopic (exact) mass is 394 g/mol. The number of hydrogen-bond donors (Lipinski definition) is 2. The van der Waals surface area contributed by atoms with E-state index in [0.717, 1.165) is 5.69 Å². The van der Waals surface area contributed by atoms with Crippen molar-refractivity contribution in [3.8, 4) is 17.4 Å². The van der Waals surface area contributed by atoms with Crippen molar-refractivity contribution < 1.29 is 19.0 Å². The van der Waals surface area contributed by atoms with Crippen molar-refractivity contribution in [1.82, 2.24) is 9.97 Å². The molecule has 0 aliphatic rings. The van der Waals surface area contributed by atoms with Gasteiger partial charge in [0.25, 0.3) is 5.91 Å². The molecule has 1 amide bonds. The van der Waals surface area contributed by atoms with Gasteiger partial charge < -0.3 is 24.8 Å². The van der Waals surface area contributed by atoms with Crippen LogP contribution in [0.4, 0.5) is 17.2 Å². The van der Waals surface area contributed by atoms with Gasteiger partial charge in [0.05, 0.1) is 21.3 Å². The van der Waals surface area contributed by atoms with E-state index in [1.165, 1.54) is 7.11 Å². The maximum atomic E-state index is 12.5. The van der Waals surface area contributed by atoms with Gasteiger partial charge in [-0.2, -0.15) is 4.98 Å². The number of nitrogens with zero attached hydrogens (tertiary/aromatic N) is 2. The molecule has 0 saturated carbocycles. The molecule has 3 rings (SSSR count). The summed E-state index contributed by atoms with van der Waals surface area (Å²) in [6.45, 7) is 1.79. The maximum Gasteiger partial charge on any atom is 0.255 e. The van der Waals surface area contributed by atoms with Crippen molar-refractivity contribution in [3.63, 3.8) is 0 Å². The zero-order valence-corrected chi connectivity index (χ0v) is 16.6. The summed E-state index contributed by atoms with van der Waals surface area (Å²) in [6, 6.07) is 14.0. The summed E-state index contributed by atoms with van der Waals surface area (Å²) in [5.41, 5.74) is 1.94. The second kappa shape index (κ2) is 8.92. The van der Waals surface area contributed by atoms with Crippen LogP contribution in [0.2, 0.25) is 0 Å². The Kier molecular flexibility index (Phi) is 6.13. The van der Waals surface area contributed by atoms with E-state index in [4.69, 9.17) is 14.2 Å². The fourth-order valence-corrected chi connectivity index (χ4v) is 2.67. The standard InChI is InChI=1S/C21H22N4O4/c1-13-22-19(12-20(23-13)29-4)24-15-6-8-16(9-7-15)25-21(26)14-5-10-17(27-2)18(11-14)28-3/h5-12H,1-4H3,(H,25,26)(H,22,23,24). The van der Waals surface area contributed by atoms with E-state index in [0.29, 0.717) is 40.3 Å². The van der Waals surface area contributed by atoms with Crippen molar-refractivity contribution in [1.29, 1.82) is 0 Å². The largest absolute Gasteiger partial charge is 0.493 e. The zero-order chi connectivity index (χ0) is 20.8. The Hall–Kier alpha value is -3.81. The molecule has 150 valence electrons. The van der Waals surface area contributed by atoms with Crippen molar-refractivity contribution in [3.05, 3.63) is 59.9 Å². The molecule has 0 bridgehead atoms. The molecule has 1 heterocycles. The topological polar surface area (TPSA) is 94.6 Å². The van der Waals surface area contributed by atoms with E-state index in [-0.39, 0.29) is 5.91 Å². The fraction of sp³-hybridized carbons (Fsp3) is 0.190. The summed E-state index contributed by atoms with van der Waals surface area (Å²) in [4.78, 5) is 21.0. The van der Waals surface area contributed by atoms with Crippen LogP contribution >= 0.6 is 0 Å². The number of anilines is 3. The number of benzene rings is 2.